The minimum absolute atomic E-state index is 0.0112. The Morgan fingerprint density at radius 2 is 1.97 bits per heavy atom. The summed E-state index contributed by atoms with van der Waals surface area (Å²) in [5.41, 5.74) is 1.46. The molecule has 0 spiro atoms. The van der Waals surface area contributed by atoms with E-state index in [1.807, 2.05) is 13.0 Å². The highest BCUT2D eigenvalue weighted by Crippen LogP contribution is 2.41. The van der Waals surface area contributed by atoms with Crippen LogP contribution in [0.5, 0.6) is 5.75 Å². The summed E-state index contributed by atoms with van der Waals surface area (Å²) in [6.45, 7) is 1.72. The number of rotatable bonds is 7. The summed E-state index contributed by atoms with van der Waals surface area (Å²) in [4.78, 5) is 18.0. The number of methoxy groups -OCH3 is 1. The Morgan fingerprint density at radius 3 is 2.66 bits per heavy atom. The maximum atomic E-state index is 13.5. The number of carbonyl (C=O) groups excluding carboxylic acids is 1. The summed E-state index contributed by atoms with van der Waals surface area (Å²) in [5.74, 6) is 0.105. The number of thiazole rings is 1. The second-order valence-electron chi connectivity index (χ2n) is 8.73. The number of hydrogen-bond donors (Lipinski definition) is 2. The Kier molecular flexibility index (Phi) is 6.88. The molecule has 0 aliphatic heterocycles. The lowest BCUT2D eigenvalue weighted by Gasteiger charge is -2.20. The van der Waals surface area contributed by atoms with Crippen LogP contribution in [0.1, 0.15) is 50.6 Å². The summed E-state index contributed by atoms with van der Waals surface area (Å²) in [5, 5.41) is 12.5. The monoisotopic (exact) mass is 478 g/mol. The van der Waals surface area contributed by atoms with Gasteiger partial charge in [0, 0.05) is 12.5 Å². The summed E-state index contributed by atoms with van der Waals surface area (Å²) >= 11 is 1.35. The van der Waals surface area contributed by atoms with Gasteiger partial charge in [0.2, 0.25) is 5.91 Å². The van der Waals surface area contributed by atoms with E-state index in [-0.39, 0.29) is 29.2 Å². The average molecular weight is 479 g/mol. The molecule has 0 bridgehead atoms. The quantitative estimate of drug-likeness (QED) is 0.618. The molecule has 2 fully saturated rings. The molecule has 1 heterocycles. The van der Waals surface area contributed by atoms with Gasteiger partial charge in [-0.1, -0.05) is 30.6 Å². The molecule has 2 aliphatic carbocycles. The molecule has 1 aromatic heterocycles. The first-order chi connectivity index (χ1) is 15.3. The summed E-state index contributed by atoms with van der Waals surface area (Å²) in [6, 6.07) is 5.13. The smallest absolute Gasteiger partial charge is 0.229 e. The predicted octanol–water partition coefficient (Wildman–Crippen LogP) is 4.19. The summed E-state index contributed by atoms with van der Waals surface area (Å²) < 4.78 is 32.4. The third kappa shape index (κ3) is 4.43. The lowest BCUT2D eigenvalue weighted by atomic mass is 10.1. The molecule has 7 nitrogen and oxygen atoms in total. The van der Waals surface area contributed by atoms with E-state index in [0.717, 1.165) is 48.2 Å². The fourth-order valence-corrected chi connectivity index (χ4v) is 8.16. The van der Waals surface area contributed by atoms with Gasteiger partial charge in [0.25, 0.3) is 0 Å². The van der Waals surface area contributed by atoms with Crippen LogP contribution in [0.2, 0.25) is 0 Å². The van der Waals surface area contributed by atoms with Crippen LogP contribution < -0.4 is 10.1 Å². The molecule has 2 atom stereocenters. The first-order valence-electron chi connectivity index (χ1n) is 11.2. The second-order valence-corrected chi connectivity index (χ2v) is 11.9. The highest BCUT2D eigenvalue weighted by molar-refractivity contribution is 7.92. The molecule has 4 rings (SSSR count). The number of benzene rings is 1. The third-order valence-corrected chi connectivity index (χ3v) is 10.2. The van der Waals surface area contributed by atoms with Gasteiger partial charge in [-0.05, 0) is 62.3 Å². The van der Waals surface area contributed by atoms with Crippen molar-refractivity contribution in [1.82, 2.24) is 4.98 Å². The Morgan fingerprint density at radius 1 is 1.22 bits per heavy atom. The number of aliphatic hydroxyl groups is 1. The number of carbonyl (C=O) groups is 1. The van der Waals surface area contributed by atoms with Gasteiger partial charge >= 0.3 is 0 Å². The Balaban J connectivity index is 1.65. The molecule has 174 valence electrons. The Hall–Kier alpha value is -1.97. The Labute approximate surface area is 193 Å². The van der Waals surface area contributed by atoms with Crippen LogP contribution in [0.25, 0.3) is 10.4 Å². The highest BCUT2D eigenvalue weighted by atomic mass is 32.2. The molecule has 1 unspecified atom stereocenters. The lowest BCUT2D eigenvalue weighted by Crippen LogP contribution is -2.28. The van der Waals surface area contributed by atoms with Crippen LogP contribution in [0.3, 0.4) is 0 Å². The van der Waals surface area contributed by atoms with E-state index < -0.39 is 15.1 Å². The van der Waals surface area contributed by atoms with Crippen molar-refractivity contribution in [3.63, 3.8) is 0 Å². The number of nitrogens with one attached hydrogen (secondary N) is 1. The standard InChI is InChI=1S/C23H30N2O5S2/c1-14-21(31-23(24-14)25-22(27)15-6-3-4-7-15)16-10-11-18(30-2)20(12-16)32(28,29)19-9-5-8-17(19)13-26/h10-12,15,17,19,26H,3-9,13H2,1-2H3,(H,24,25,27)/t17-,19?/m0/s1. The summed E-state index contributed by atoms with van der Waals surface area (Å²) in [6.07, 6.45) is 6.04. The van der Waals surface area contributed by atoms with Crippen molar-refractivity contribution in [3.05, 3.63) is 23.9 Å². The zero-order valence-electron chi connectivity index (χ0n) is 18.5. The first kappa shape index (κ1) is 23.2. The number of nitrogens with zero attached hydrogens (tertiary/aromatic N) is 1. The molecule has 9 heteroatoms. The molecular weight excluding hydrogens is 448 g/mol. The molecule has 1 aromatic carbocycles. The molecule has 32 heavy (non-hydrogen) atoms. The molecule has 1 amide bonds. The second kappa shape index (κ2) is 9.49. The van der Waals surface area contributed by atoms with Crippen molar-refractivity contribution in [3.8, 4) is 16.2 Å². The number of amides is 1. The minimum atomic E-state index is -3.68. The number of ether oxygens (including phenoxy) is 1. The van der Waals surface area contributed by atoms with E-state index in [1.165, 1.54) is 18.4 Å². The van der Waals surface area contributed by atoms with Crippen LogP contribution in [-0.2, 0) is 14.6 Å². The largest absolute Gasteiger partial charge is 0.495 e. The van der Waals surface area contributed by atoms with E-state index >= 15 is 0 Å². The van der Waals surface area contributed by atoms with Gasteiger partial charge in [-0.15, -0.1) is 0 Å². The van der Waals surface area contributed by atoms with Crippen molar-refractivity contribution in [2.24, 2.45) is 11.8 Å². The molecule has 0 saturated heterocycles. The van der Waals surface area contributed by atoms with Crippen molar-refractivity contribution >= 4 is 32.2 Å². The topological polar surface area (TPSA) is 106 Å². The van der Waals surface area contributed by atoms with Crippen molar-refractivity contribution in [1.29, 1.82) is 0 Å². The average Bonchev–Trinajstić information content (AvgIpc) is 3.54. The predicted molar refractivity (Wildman–Crippen MR) is 125 cm³/mol. The number of hydrogen-bond acceptors (Lipinski definition) is 7. The number of aromatic nitrogens is 1. The zero-order valence-corrected chi connectivity index (χ0v) is 20.1. The van der Waals surface area contributed by atoms with Crippen LogP contribution in [0.4, 0.5) is 5.13 Å². The van der Waals surface area contributed by atoms with Gasteiger partial charge in [-0.2, -0.15) is 0 Å². The Bertz CT molecular complexity index is 1090. The van der Waals surface area contributed by atoms with Crippen molar-refractivity contribution in [2.45, 2.75) is 62.0 Å². The van der Waals surface area contributed by atoms with E-state index in [4.69, 9.17) is 4.74 Å². The van der Waals surface area contributed by atoms with Gasteiger partial charge < -0.3 is 15.2 Å². The van der Waals surface area contributed by atoms with Crippen molar-refractivity contribution < 1.29 is 23.1 Å². The number of anilines is 1. The first-order valence-corrected chi connectivity index (χ1v) is 13.5. The van der Waals surface area contributed by atoms with Gasteiger partial charge in [-0.25, -0.2) is 13.4 Å². The van der Waals surface area contributed by atoms with Gasteiger partial charge in [0.1, 0.15) is 10.6 Å². The van der Waals surface area contributed by atoms with Crippen LogP contribution in [0, 0.1) is 18.8 Å². The minimum Gasteiger partial charge on any atom is -0.495 e. The van der Waals surface area contributed by atoms with E-state index in [0.29, 0.717) is 23.7 Å². The van der Waals surface area contributed by atoms with Crippen molar-refractivity contribution in [2.75, 3.05) is 19.0 Å². The van der Waals surface area contributed by atoms with Gasteiger partial charge in [0.15, 0.2) is 15.0 Å². The molecule has 2 N–H and O–H groups in total. The molecule has 2 aromatic rings. The van der Waals surface area contributed by atoms with Gasteiger partial charge in [-0.3, -0.25) is 4.79 Å². The van der Waals surface area contributed by atoms with E-state index in [1.54, 1.807) is 12.1 Å². The van der Waals surface area contributed by atoms with Crippen LogP contribution in [-0.4, -0.2) is 43.4 Å². The molecular formula is C23H30N2O5S2. The molecule has 2 aliphatic rings. The SMILES string of the molecule is COc1ccc(-c2sc(NC(=O)C3CCCC3)nc2C)cc1S(=O)(=O)C1CCC[C@H]1CO. The third-order valence-electron chi connectivity index (χ3n) is 6.71. The van der Waals surface area contributed by atoms with E-state index in [2.05, 4.69) is 10.3 Å². The van der Waals surface area contributed by atoms with Crippen LogP contribution >= 0.6 is 11.3 Å². The normalized spacial score (nSPS) is 21.7. The van der Waals surface area contributed by atoms with Gasteiger partial charge in [0.05, 0.1) is 22.9 Å². The maximum absolute atomic E-state index is 13.5. The summed E-state index contributed by atoms with van der Waals surface area (Å²) in [7, 11) is -2.22. The van der Waals surface area contributed by atoms with E-state index in [9.17, 15) is 18.3 Å². The molecule has 0 radical (unpaired) electrons. The van der Waals surface area contributed by atoms with Crippen LogP contribution in [0.15, 0.2) is 23.1 Å². The lowest BCUT2D eigenvalue weighted by molar-refractivity contribution is -0.119. The number of aliphatic hydroxyl groups excluding tert-OH is 1. The fourth-order valence-electron chi connectivity index (χ4n) is 4.94. The maximum Gasteiger partial charge on any atom is 0.229 e. The number of aryl methyl sites for hydroxylation is 1. The highest BCUT2D eigenvalue weighted by Gasteiger charge is 2.39. The zero-order chi connectivity index (χ0) is 22.9. The molecule has 2 saturated carbocycles. The number of sulfone groups is 1. The fraction of sp³-hybridized carbons (Fsp3) is 0.565.